The first kappa shape index (κ1) is 17.6. The molecule has 1 saturated heterocycles. The summed E-state index contributed by atoms with van der Waals surface area (Å²) < 4.78 is 18.7. The van der Waals surface area contributed by atoms with Crippen molar-refractivity contribution < 1.29 is 19.0 Å². The zero-order valence-electron chi connectivity index (χ0n) is 13.7. The third-order valence-electron chi connectivity index (χ3n) is 3.83. The molecule has 0 aromatic carbocycles. The van der Waals surface area contributed by atoms with Gasteiger partial charge in [-0.15, -0.1) is 0 Å². The van der Waals surface area contributed by atoms with E-state index in [2.05, 4.69) is 13.1 Å². The van der Waals surface area contributed by atoms with Crippen molar-refractivity contribution in [3.05, 3.63) is 0 Å². The minimum absolute atomic E-state index is 0.0372. The van der Waals surface area contributed by atoms with Gasteiger partial charge in [-0.3, -0.25) is 4.79 Å². The molecule has 1 unspecified atom stereocenters. The van der Waals surface area contributed by atoms with Gasteiger partial charge >= 0.3 is 0 Å². The molecule has 20 heavy (non-hydrogen) atoms. The SMILES string of the molecule is CC(=O)N(C)[Si](C)(C)CCCOCC1COC(C)(C)O1. The summed E-state index contributed by atoms with van der Waals surface area (Å²) in [5, 5.41) is 0. The number of amides is 1. The van der Waals surface area contributed by atoms with E-state index in [1.165, 1.54) is 0 Å². The summed E-state index contributed by atoms with van der Waals surface area (Å²) in [5.41, 5.74) is 0. The molecule has 0 saturated carbocycles. The third kappa shape index (κ3) is 5.52. The van der Waals surface area contributed by atoms with Crippen LogP contribution in [-0.4, -0.2) is 57.5 Å². The van der Waals surface area contributed by atoms with Crippen molar-refractivity contribution in [3.8, 4) is 0 Å². The molecule has 1 aliphatic rings. The molecule has 1 heterocycles. The summed E-state index contributed by atoms with van der Waals surface area (Å²) in [6, 6.07) is 1.05. The molecule has 0 aliphatic carbocycles. The average Bonchev–Trinajstić information content (AvgIpc) is 2.67. The predicted octanol–water partition coefficient (Wildman–Crippen LogP) is 2.23. The highest BCUT2D eigenvalue weighted by Crippen LogP contribution is 2.22. The second-order valence-corrected chi connectivity index (χ2v) is 11.3. The van der Waals surface area contributed by atoms with Crippen molar-refractivity contribution in [2.24, 2.45) is 0 Å². The second kappa shape index (κ2) is 7.02. The van der Waals surface area contributed by atoms with Gasteiger partial charge in [0.2, 0.25) is 5.91 Å². The van der Waals surface area contributed by atoms with Gasteiger partial charge in [0.15, 0.2) is 14.0 Å². The van der Waals surface area contributed by atoms with E-state index < -0.39 is 14.0 Å². The first-order valence-corrected chi connectivity index (χ1v) is 10.4. The summed E-state index contributed by atoms with van der Waals surface area (Å²) in [5.74, 6) is -0.325. The van der Waals surface area contributed by atoms with Gasteiger partial charge in [-0.1, -0.05) is 13.1 Å². The van der Waals surface area contributed by atoms with E-state index in [1.807, 2.05) is 25.5 Å². The Morgan fingerprint density at radius 1 is 1.45 bits per heavy atom. The fraction of sp³-hybridized carbons (Fsp3) is 0.929. The number of hydrogen-bond donors (Lipinski definition) is 0. The normalized spacial score (nSPS) is 22.0. The Balaban J connectivity index is 2.15. The van der Waals surface area contributed by atoms with Crippen LogP contribution in [0.15, 0.2) is 0 Å². The smallest absolute Gasteiger partial charge is 0.211 e. The highest BCUT2D eigenvalue weighted by atomic mass is 28.3. The minimum Gasteiger partial charge on any atom is -0.379 e. The Kier molecular flexibility index (Phi) is 6.18. The molecule has 1 aliphatic heterocycles. The standard InChI is InChI=1S/C14H29NO4Si/c1-12(16)15(4)20(5,6)9-7-8-17-10-13-11-18-14(2,3)19-13/h13H,7-11H2,1-6H3. The zero-order valence-corrected chi connectivity index (χ0v) is 14.7. The van der Waals surface area contributed by atoms with E-state index in [0.717, 1.165) is 12.5 Å². The first-order valence-electron chi connectivity index (χ1n) is 7.28. The van der Waals surface area contributed by atoms with Crippen LogP contribution in [0, 0.1) is 0 Å². The Morgan fingerprint density at radius 2 is 2.10 bits per heavy atom. The minimum atomic E-state index is -1.63. The van der Waals surface area contributed by atoms with Crippen LogP contribution in [0.2, 0.25) is 19.1 Å². The lowest BCUT2D eigenvalue weighted by atomic mass is 10.4. The lowest BCUT2D eigenvalue weighted by molar-refractivity contribution is -0.145. The largest absolute Gasteiger partial charge is 0.379 e. The van der Waals surface area contributed by atoms with Crippen molar-refractivity contribution in [1.29, 1.82) is 0 Å². The second-order valence-electron chi connectivity index (χ2n) is 6.52. The van der Waals surface area contributed by atoms with Gasteiger partial charge in [0.25, 0.3) is 0 Å². The maximum atomic E-state index is 11.4. The van der Waals surface area contributed by atoms with E-state index in [4.69, 9.17) is 14.2 Å². The van der Waals surface area contributed by atoms with Crippen molar-refractivity contribution in [3.63, 3.8) is 0 Å². The zero-order chi connectivity index (χ0) is 15.4. The Labute approximate surface area is 123 Å². The fourth-order valence-corrected chi connectivity index (χ4v) is 4.46. The molecule has 5 nitrogen and oxygen atoms in total. The fourth-order valence-electron chi connectivity index (χ4n) is 2.26. The van der Waals surface area contributed by atoms with Crippen LogP contribution in [0.25, 0.3) is 0 Å². The van der Waals surface area contributed by atoms with Gasteiger partial charge in [0.05, 0.1) is 13.2 Å². The van der Waals surface area contributed by atoms with E-state index in [0.29, 0.717) is 19.8 Å². The van der Waals surface area contributed by atoms with E-state index in [-0.39, 0.29) is 12.0 Å². The Hall–Kier alpha value is -0.433. The maximum absolute atomic E-state index is 11.4. The number of nitrogens with zero attached hydrogens (tertiary/aromatic N) is 1. The number of carbonyl (C=O) groups excluding carboxylic acids is 1. The molecular formula is C14H29NO4Si. The Bertz CT molecular complexity index is 333. The van der Waals surface area contributed by atoms with Crippen molar-refractivity contribution in [2.45, 2.75) is 58.2 Å². The highest BCUT2D eigenvalue weighted by molar-refractivity contribution is 6.76. The average molecular weight is 303 g/mol. The number of hydrogen-bond acceptors (Lipinski definition) is 4. The van der Waals surface area contributed by atoms with Crippen molar-refractivity contribution in [2.75, 3.05) is 26.9 Å². The molecule has 1 fully saturated rings. The van der Waals surface area contributed by atoms with Gasteiger partial charge in [0.1, 0.15) is 6.10 Å². The predicted molar refractivity (Wildman–Crippen MR) is 81.1 cm³/mol. The molecule has 1 atom stereocenters. The van der Waals surface area contributed by atoms with Crippen LogP contribution < -0.4 is 0 Å². The summed E-state index contributed by atoms with van der Waals surface area (Å²) in [6.07, 6.45) is 1.02. The lowest BCUT2D eigenvalue weighted by Gasteiger charge is -2.33. The lowest BCUT2D eigenvalue weighted by Crippen LogP contribution is -2.48. The van der Waals surface area contributed by atoms with Crippen LogP contribution in [0.4, 0.5) is 0 Å². The monoisotopic (exact) mass is 303 g/mol. The van der Waals surface area contributed by atoms with Gasteiger partial charge < -0.3 is 18.8 Å². The van der Waals surface area contributed by atoms with E-state index in [1.54, 1.807) is 6.92 Å². The summed E-state index contributed by atoms with van der Waals surface area (Å²) in [4.78, 5) is 11.4. The van der Waals surface area contributed by atoms with Gasteiger partial charge in [-0.25, -0.2) is 0 Å². The summed E-state index contributed by atoms with van der Waals surface area (Å²) in [6.45, 7) is 11.8. The quantitative estimate of drug-likeness (QED) is 0.534. The molecule has 1 rings (SSSR count). The number of carbonyl (C=O) groups is 1. The Morgan fingerprint density at radius 3 is 2.60 bits per heavy atom. The first-order chi connectivity index (χ1) is 9.14. The molecule has 0 aromatic heterocycles. The summed E-state index contributed by atoms with van der Waals surface area (Å²) >= 11 is 0. The molecule has 6 heteroatoms. The molecule has 118 valence electrons. The van der Waals surface area contributed by atoms with Gasteiger partial charge in [-0.05, 0) is 26.3 Å². The van der Waals surface area contributed by atoms with Crippen LogP contribution in [0.5, 0.6) is 0 Å². The van der Waals surface area contributed by atoms with Crippen LogP contribution in [0.3, 0.4) is 0 Å². The molecule has 0 N–H and O–H groups in total. The van der Waals surface area contributed by atoms with Crippen molar-refractivity contribution in [1.82, 2.24) is 4.57 Å². The van der Waals surface area contributed by atoms with Crippen LogP contribution >= 0.6 is 0 Å². The number of ether oxygens (including phenoxy) is 3. The maximum Gasteiger partial charge on any atom is 0.211 e. The van der Waals surface area contributed by atoms with E-state index >= 15 is 0 Å². The third-order valence-corrected chi connectivity index (χ3v) is 7.54. The molecule has 0 bridgehead atoms. The molecule has 0 radical (unpaired) electrons. The van der Waals surface area contributed by atoms with Crippen LogP contribution in [0.1, 0.15) is 27.2 Å². The molecule has 0 spiro atoms. The van der Waals surface area contributed by atoms with Gasteiger partial charge in [-0.2, -0.15) is 0 Å². The molecule has 1 amide bonds. The van der Waals surface area contributed by atoms with Crippen LogP contribution in [-0.2, 0) is 19.0 Å². The summed E-state index contributed by atoms with van der Waals surface area (Å²) in [7, 11) is 0.278. The molecule has 0 aromatic rings. The number of rotatable bonds is 7. The highest BCUT2D eigenvalue weighted by Gasteiger charge is 2.32. The van der Waals surface area contributed by atoms with Gasteiger partial charge in [0, 0.05) is 20.6 Å². The van der Waals surface area contributed by atoms with Crippen molar-refractivity contribution >= 4 is 14.1 Å². The topological polar surface area (TPSA) is 48.0 Å². The molecular weight excluding hydrogens is 274 g/mol. The van der Waals surface area contributed by atoms with E-state index in [9.17, 15) is 4.79 Å².